The number of nitrogens with one attached hydrogen (secondary N) is 1. The van der Waals surface area contributed by atoms with E-state index in [1.807, 2.05) is 12.1 Å². The van der Waals surface area contributed by atoms with E-state index in [0.29, 0.717) is 24.6 Å². The number of esters is 2. The van der Waals surface area contributed by atoms with Gasteiger partial charge in [-0.15, -0.1) is 0 Å². The van der Waals surface area contributed by atoms with Crippen molar-refractivity contribution in [3.05, 3.63) is 23.5 Å². The summed E-state index contributed by atoms with van der Waals surface area (Å²) in [5, 5.41) is 14.3. The zero-order valence-electron chi connectivity index (χ0n) is 32.4. The maximum atomic E-state index is 12.8. The first-order valence-corrected chi connectivity index (χ1v) is 18.0. The number of unbranched alkanes of at least 4 members (excludes halogenated alkanes) is 1. The number of nitriles is 1. The number of carbonyl (C=O) groups excluding carboxylic acids is 3. The Labute approximate surface area is 305 Å². The van der Waals surface area contributed by atoms with Gasteiger partial charge in [-0.25, -0.2) is 4.99 Å². The van der Waals surface area contributed by atoms with Gasteiger partial charge in [-0.3, -0.25) is 14.4 Å². The first kappa shape index (κ1) is 49.5. The molecule has 0 aromatic carbocycles. The molecule has 2 heterocycles. The fourth-order valence-electron chi connectivity index (χ4n) is 4.91. The highest BCUT2D eigenvalue weighted by molar-refractivity contribution is 6.08. The van der Waals surface area contributed by atoms with Gasteiger partial charge in [0.1, 0.15) is 12.2 Å². The van der Waals surface area contributed by atoms with Crippen molar-refractivity contribution in [2.45, 2.75) is 136 Å². The van der Waals surface area contributed by atoms with Crippen LogP contribution in [0.25, 0.3) is 0 Å². The van der Waals surface area contributed by atoms with E-state index < -0.39 is 11.5 Å². The molecule has 1 amide bonds. The van der Waals surface area contributed by atoms with Gasteiger partial charge in [-0.05, 0) is 64.0 Å². The number of nitrogens with two attached hydrogens (primary N) is 2. The molecule has 292 valence electrons. The molecule has 2 fully saturated rings. The normalized spacial score (nSPS) is 17.4. The summed E-state index contributed by atoms with van der Waals surface area (Å²) in [6.07, 6.45) is 13.3. The van der Waals surface area contributed by atoms with Crippen LogP contribution in [0.5, 0.6) is 0 Å². The number of nitrogens with zero attached hydrogens (tertiary/aromatic N) is 3. The molecule has 14 heteroatoms. The molecule has 1 aliphatic carbocycles. The van der Waals surface area contributed by atoms with E-state index in [4.69, 9.17) is 36.0 Å². The number of H-pyrrole nitrogens is 1. The van der Waals surface area contributed by atoms with Gasteiger partial charge in [-0.2, -0.15) is 10.3 Å². The summed E-state index contributed by atoms with van der Waals surface area (Å²) in [4.78, 5) is 46.5. The molecule has 2 atom stereocenters. The Bertz CT molecular complexity index is 1160. The lowest BCUT2D eigenvalue weighted by Gasteiger charge is -2.21. The van der Waals surface area contributed by atoms with Crippen molar-refractivity contribution in [3.63, 3.8) is 0 Å². The molecule has 51 heavy (non-hydrogen) atoms. The topological polar surface area (TPSA) is 225 Å². The fraction of sp³-hybridized carbons (Fsp3) is 0.730. The van der Waals surface area contributed by atoms with E-state index >= 15 is 0 Å². The van der Waals surface area contributed by atoms with Crippen LogP contribution in [0.15, 0.2) is 22.1 Å². The number of hydrogen-bond acceptors (Lipinski definition) is 10. The van der Waals surface area contributed by atoms with Crippen LogP contribution in [0.1, 0.15) is 136 Å². The van der Waals surface area contributed by atoms with Crippen LogP contribution in [0.4, 0.5) is 0 Å². The van der Waals surface area contributed by atoms with Gasteiger partial charge in [0.15, 0.2) is 5.84 Å². The standard InChI is InChI=1S/C28H44N4O5.C3H7NO2.C3H8.C2H3N.CH4O/c1-4-5-16-36-28(2,3)27(34)32-26(30-19-29)23-14-13-22(31-23)24-15-12-21(37-24)18-35-25(33)17-20-10-8-6-7-9-11-20;1-6-3(5)2-4;1-3-2;1-2-3;1-2/h13-14,19-21,24,31H,4-12,15-18H2,1-3H3,(H2,29,30,32,34);2,4H2,1H3;3H2,1-2H3;1H3;2H,1H3. The quantitative estimate of drug-likeness (QED) is 0.0676. The number of amides is 1. The molecule has 1 aliphatic heterocycles. The van der Waals surface area contributed by atoms with E-state index in [9.17, 15) is 14.4 Å². The smallest absolute Gasteiger partial charge is 0.319 e. The van der Waals surface area contributed by atoms with Crippen LogP contribution >= 0.6 is 0 Å². The van der Waals surface area contributed by atoms with Gasteiger partial charge < -0.3 is 40.5 Å². The minimum Gasteiger partial charge on any atom is -0.468 e. The monoisotopic (exact) mass is 722 g/mol. The number of amidine groups is 1. The number of hydrogen-bond donors (Lipinski definition) is 4. The molecule has 6 N–H and O–H groups in total. The molecule has 2 unspecified atom stereocenters. The Morgan fingerprint density at radius 2 is 1.69 bits per heavy atom. The second-order valence-electron chi connectivity index (χ2n) is 12.3. The molecule has 0 spiro atoms. The molecule has 1 saturated heterocycles. The summed E-state index contributed by atoms with van der Waals surface area (Å²) in [5.41, 5.74) is 10.7. The lowest BCUT2D eigenvalue weighted by atomic mass is 9.97. The molecule has 1 aromatic rings. The van der Waals surface area contributed by atoms with Crippen LogP contribution in [0, 0.1) is 17.2 Å². The van der Waals surface area contributed by atoms with Gasteiger partial charge in [0.2, 0.25) is 0 Å². The van der Waals surface area contributed by atoms with E-state index in [1.165, 1.54) is 46.1 Å². The highest BCUT2D eigenvalue weighted by Gasteiger charge is 2.31. The summed E-state index contributed by atoms with van der Waals surface area (Å²) >= 11 is 0. The highest BCUT2D eigenvalue weighted by atomic mass is 16.6. The molecule has 14 nitrogen and oxygen atoms in total. The van der Waals surface area contributed by atoms with Crippen LogP contribution in [-0.2, 0) is 33.3 Å². The maximum absolute atomic E-state index is 12.8. The Morgan fingerprint density at radius 3 is 2.20 bits per heavy atom. The number of aliphatic hydroxyl groups is 1. The summed E-state index contributed by atoms with van der Waals surface area (Å²) in [6.45, 7) is 11.9. The second kappa shape index (κ2) is 31.1. The summed E-state index contributed by atoms with van der Waals surface area (Å²) in [6, 6.07) is 5.46. The predicted octanol–water partition coefficient (Wildman–Crippen LogP) is 5.67. The van der Waals surface area contributed by atoms with Crippen molar-refractivity contribution in [1.29, 1.82) is 5.26 Å². The van der Waals surface area contributed by atoms with E-state index in [0.717, 1.165) is 57.7 Å². The fourth-order valence-corrected chi connectivity index (χ4v) is 4.91. The van der Waals surface area contributed by atoms with Crippen molar-refractivity contribution in [1.82, 2.24) is 4.98 Å². The van der Waals surface area contributed by atoms with Crippen molar-refractivity contribution >= 4 is 30.0 Å². The molecular weight excluding hydrogens is 656 g/mol. The molecule has 1 saturated carbocycles. The lowest BCUT2D eigenvalue weighted by molar-refractivity contribution is -0.149. The van der Waals surface area contributed by atoms with Gasteiger partial charge in [0.05, 0.1) is 44.0 Å². The molecule has 0 bridgehead atoms. The third kappa shape index (κ3) is 22.7. The summed E-state index contributed by atoms with van der Waals surface area (Å²) in [5.74, 6) is -0.282. The Hall–Kier alpha value is -3.64. The Kier molecular flexibility index (Phi) is 30.2. The minimum atomic E-state index is -1.06. The Balaban J connectivity index is 0. The zero-order valence-corrected chi connectivity index (χ0v) is 32.4. The van der Waals surface area contributed by atoms with Crippen LogP contribution < -0.4 is 11.5 Å². The number of rotatable bonds is 12. The predicted molar refractivity (Wildman–Crippen MR) is 200 cm³/mol. The maximum Gasteiger partial charge on any atom is 0.319 e. The first-order chi connectivity index (χ1) is 24.5. The summed E-state index contributed by atoms with van der Waals surface area (Å²) in [7, 11) is 2.30. The first-order valence-electron chi connectivity index (χ1n) is 18.0. The largest absolute Gasteiger partial charge is 0.468 e. The van der Waals surface area contributed by atoms with Gasteiger partial charge in [-0.1, -0.05) is 59.3 Å². The number of aliphatic hydroxyl groups excluding tert-OH is 1. The second-order valence-corrected chi connectivity index (χ2v) is 12.3. The molecule has 0 radical (unpaired) electrons. The molecular formula is C37H66N6O8. The van der Waals surface area contributed by atoms with Crippen LogP contribution in [-0.4, -0.2) is 85.8 Å². The van der Waals surface area contributed by atoms with E-state index in [2.05, 4.69) is 40.5 Å². The molecule has 3 rings (SSSR count). The van der Waals surface area contributed by atoms with Crippen molar-refractivity contribution < 1.29 is 38.4 Å². The Morgan fingerprint density at radius 1 is 1.08 bits per heavy atom. The van der Waals surface area contributed by atoms with Gasteiger partial charge >= 0.3 is 11.9 Å². The highest BCUT2D eigenvalue weighted by Crippen LogP contribution is 2.33. The number of aromatic nitrogens is 1. The number of ether oxygens (including phenoxy) is 4. The third-order valence-electron chi connectivity index (χ3n) is 7.54. The minimum absolute atomic E-state index is 0.0312. The van der Waals surface area contributed by atoms with Crippen LogP contribution in [0.2, 0.25) is 0 Å². The van der Waals surface area contributed by atoms with Crippen molar-refractivity contribution in [2.75, 3.05) is 34.0 Å². The summed E-state index contributed by atoms with van der Waals surface area (Å²) < 4.78 is 21.6. The van der Waals surface area contributed by atoms with Gasteiger partial charge in [0, 0.05) is 32.8 Å². The van der Waals surface area contributed by atoms with E-state index in [1.54, 1.807) is 19.9 Å². The van der Waals surface area contributed by atoms with Crippen molar-refractivity contribution in [2.24, 2.45) is 27.4 Å². The van der Waals surface area contributed by atoms with E-state index in [-0.39, 0.29) is 43.1 Å². The van der Waals surface area contributed by atoms with Crippen molar-refractivity contribution in [3.8, 4) is 6.07 Å². The molecule has 1 aromatic heterocycles. The third-order valence-corrected chi connectivity index (χ3v) is 7.54. The SMILES string of the molecule is CC#N.CCC.CCCCOC(C)(C)C(=O)N=C(N=CN)c1ccc(C2CCC(COC(=O)CC3CCCCCC3)O2)[nH]1.CO.COC(=O)CN. The average molecular weight is 723 g/mol. The number of carbonyl (C=O) groups is 3. The van der Waals surface area contributed by atoms with Crippen LogP contribution in [0.3, 0.4) is 0 Å². The number of aliphatic imine (C=N–C) groups is 2. The zero-order chi connectivity index (χ0) is 39.1. The number of aromatic amines is 1. The average Bonchev–Trinajstić information content (AvgIpc) is 3.73. The number of methoxy groups -OCH3 is 1. The molecule has 2 aliphatic rings. The van der Waals surface area contributed by atoms with Gasteiger partial charge in [0.25, 0.3) is 5.91 Å². The lowest BCUT2D eigenvalue weighted by Crippen LogP contribution is -2.34.